The van der Waals surface area contributed by atoms with Crippen molar-refractivity contribution in [3.05, 3.63) is 12.4 Å². The van der Waals surface area contributed by atoms with E-state index in [1.165, 1.54) is 21.0 Å². The van der Waals surface area contributed by atoms with Crippen LogP contribution in [0.5, 0.6) is 0 Å². The Balaban J connectivity index is 3.07. The van der Waals surface area contributed by atoms with Crippen LogP contribution in [0, 0.1) is 0 Å². The van der Waals surface area contributed by atoms with Crippen LogP contribution in [-0.2, 0) is 35.7 Å². The number of sulfonamides is 1. The van der Waals surface area contributed by atoms with Gasteiger partial charge in [0.25, 0.3) is 0 Å². The summed E-state index contributed by atoms with van der Waals surface area (Å²) in [4.78, 5) is 33.1. The monoisotopic (exact) mass is 376 g/mol. The Bertz CT molecular complexity index is 743. The molecule has 0 aliphatic rings. The van der Waals surface area contributed by atoms with Crippen molar-refractivity contribution in [3.63, 3.8) is 0 Å². The molecule has 12 heteroatoms. The summed E-state index contributed by atoms with van der Waals surface area (Å²) in [5, 5.41) is 15.3. The van der Waals surface area contributed by atoms with Crippen molar-refractivity contribution in [3.8, 4) is 0 Å². The number of ether oxygens (including phenoxy) is 1. The molecule has 0 aliphatic heterocycles. The quantitative estimate of drug-likeness (QED) is 0.503. The molecule has 1 aromatic rings. The number of aromatic nitrogens is 2. The van der Waals surface area contributed by atoms with E-state index in [0.29, 0.717) is 0 Å². The molecule has 1 heterocycles. The molecule has 1 unspecified atom stereocenters. The summed E-state index contributed by atoms with van der Waals surface area (Å²) in [6.45, 7) is 1.90. The van der Waals surface area contributed by atoms with Gasteiger partial charge in [0.2, 0.25) is 15.9 Å². The molecule has 1 rings (SSSR count). The lowest BCUT2D eigenvalue weighted by Crippen LogP contribution is -2.46. The van der Waals surface area contributed by atoms with Gasteiger partial charge in [-0.25, -0.2) is 8.42 Å². The molecule has 2 N–H and O–H groups in total. The van der Waals surface area contributed by atoms with Crippen molar-refractivity contribution in [1.82, 2.24) is 19.4 Å². The zero-order chi connectivity index (χ0) is 19.2. The molecule has 1 amide bonds. The number of carboxylic acid groups (broad SMARTS) is 1. The highest BCUT2D eigenvalue weighted by Crippen LogP contribution is 2.17. The Labute approximate surface area is 144 Å². The van der Waals surface area contributed by atoms with Crippen molar-refractivity contribution in [2.24, 2.45) is 0 Å². The third-order valence-corrected chi connectivity index (χ3v) is 5.15. The first-order valence-electron chi connectivity index (χ1n) is 7.18. The summed E-state index contributed by atoms with van der Waals surface area (Å²) in [5.41, 5.74) is 0. The van der Waals surface area contributed by atoms with Crippen molar-refractivity contribution in [2.45, 2.75) is 31.3 Å². The summed E-state index contributed by atoms with van der Waals surface area (Å²) in [6, 6.07) is -1.36. The number of hydrogen-bond acceptors (Lipinski definition) is 7. The van der Waals surface area contributed by atoms with E-state index < -0.39 is 28.0 Å². The number of nitrogens with one attached hydrogen (secondary N) is 1. The van der Waals surface area contributed by atoms with Crippen LogP contribution in [0.25, 0.3) is 0 Å². The zero-order valence-corrected chi connectivity index (χ0v) is 14.8. The Morgan fingerprint density at radius 1 is 1.44 bits per heavy atom. The van der Waals surface area contributed by atoms with E-state index in [-0.39, 0.29) is 30.4 Å². The van der Waals surface area contributed by atoms with E-state index in [9.17, 15) is 22.8 Å². The molecule has 0 bridgehead atoms. The molecule has 25 heavy (non-hydrogen) atoms. The second-order valence-corrected chi connectivity index (χ2v) is 6.95. The van der Waals surface area contributed by atoms with Crippen LogP contribution in [0.15, 0.2) is 17.3 Å². The summed E-state index contributed by atoms with van der Waals surface area (Å²) < 4.78 is 31.7. The number of amides is 1. The lowest BCUT2D eigenvalue weighted by Gasteiger charge is -2.25. The molecule has 0 saturated heterocycles. The van der Waals surface area contributed by atoms with E-state index in [1.54, 1.807) is 0 Å². The maximum Gasteiger partial charge on any atom is 0.327 e. The van der Waals surface area contributed by atoms with Crippen LogP contribution in [0.4, 0.5) is 0 Å². The highest BCUT2D eigenvalue weighted by Gasteiger charge is 2.33. The predicted octanol–water partition coefficient (Wildman–Crippen LogP) is -1.34. The van der Waals surface area contributed by atoms with Gasteiger partial charge in [0.05, 0.1) is 13.3 Å². The topological polar surface area (TPSA) is 148 Å². The molecule has 1 aromatic heterocycles. The number of aliphatic carboxylic acids is 1. The molecule has 0 radical (unpaired) electrons. The molecule has 0 aliphatic carbocycles. The number of hydrogen-bond donors (Lipinski definition) is 2. The molecule has 0 saturated carbocycles. The fourth-order valence-corrected chi connectivity index (χ4v) is 3.43. The molecular formula is C13H20N4O7S. The fourth-order valence-electron chi connectivity index (χ4n) is 1.88. The summed E-state index contributed by atoms with van der Waals surface area (Å²) in [5.74, 6) is -2.33. The highest BCUT2D eigenvalue weighted by molar-refractivity contribution is 7.89. The fraction of sp³-hybridized carbons (Fsp3) is 0.538. The second-order valence-electron chi connectivity index (χ2n) is 5.06. The number of carboxylic acids is 1. The van der Waals surface area contributed by atoms with Crippen LogP contribution in [0.3, 0.4) is 0 Å². The van der Waals surface area contributed by atoms with Gasteiger partial charge in [0.15, 0.2) is 0 Å². The molecule has 1 atom stereocenters. The first kappa shape index (κ1) is 20.6. The van der Waals surface area contributed by atoms with E-state index in [4.69, 9.17) is 5.11 Å². The summed E-state index contributed by atoms with van der Waals surface area (Å²) in [7, 11) is -3.02. The van der Waals surface area contributed by atoms with E-state index in [2.05, 4.69) is 15.2 Å². The van der Waals surface area contributed by atoms with Crippen molar-refractivity contribution in [2.75, 3.05) is 20.2 Å². The van der Waals surface area contributed by atoms with Gasteiger partial charge in [-0.15, -0.1) is 0 Å². The maximum atomic E-state index is 12.7. The van der Waals surface area contributed by atoms with Crippen LogP contribution in [-0.4, -0.2) is 71.7 Å². The normalized spacial score (nSPS) is 12.6. The number of esters is 1. The van der Waals surface area contributed by atoms with Crippen LogP contribution < -0.4 is 5.32 Å². The number of methoxy groups -OCH3 is 1. The van der Waals surface area contributed by atoms with Crippen LogP contribution in [0.2, 0.25) is 0 Å². The van der Waals surface area contributed by atoms with Gasteiger partial charge in [-0.05, 0) is 6.92 Å². The molecule has 0 aromatic carbocycles. The van der Waals surface area contributed by atoms with E-state index in [0.717, 1.165) is 21.4 Å². The van der Waals surface area contributed by atoms with Crippen molar-refractivity contribution in [1.29, 1.82) is 0 Å². The van der Waals surface area contributed by atoms with Gasteiger partial charge < -0.3 is 15.2 Å². The standard InChI is InChI=1S/C13H20N4O7S/c1-9(13(20)21)17(5-4-14-10(2)18)25(22,23)11-6-15-16(7-11)8-12(19)24-3/h6-7,9H,4-5,8H2,1-3H3,(H,14,18)(H,20,21). The van der Waals surface area contributed by atoms with Gasteiger partial charge in [-0.1, -0.05) is 0 Å². The van der Waals surface area contributed by atoms with E-state index >= 15 is 0 Å². The molecule has 0 spiro atoms. The third-order valence-electron chi connectivity index (χ3n) is 3.23. The molecule has 140 valence electrons. The Kier molecular flexibility index (Phi) is 7.06. The first-order valence-corrected chi connectivity index (χ1v) is 8.62. The second kappa shape index (κ2) is 8.58. The minimum absolute atomic E-state index is 0.0531. The summed E-state index contributed by atoms with van der Waals surface area (Å²) >= 11 is 0. The maximum absolute atomic E-state index is 12.7. The average Bonchev–Trinajstić information content (AvgIpc) is 2.99. The zero-order valence-electron chi connectivity index (χ0n) is 14.0. The first-order chi connectivity index (χ1) is 11.6. The van der Waals surface area contributed by atoms with Gasteiger partial charge >= 0.3 is 11.9 Å². The van der Waals surface area contributed by atoms with Gasteiger partial charge in [0, 0.05) is 26.2 Å². The van der Waals surface area contributed by atoms with Gasteiger partial charge in [-0.3, -0.25) is 19.1 Å². The van der Waals surface area contributed by atoms with Crippen LogP contribution >= 0.6 is 0 Å². The van der Waals surface area contributed by atoms with E-state index in [1.807, 2.05) is 0 Å². The van der Waals surface area contributed by atoms with Crippen molar-refractivity contribution < 1.29 is 32.6 Å². The minimum Gasteiger partial charge on any atom is -0.480 e. The molecule has 0 fully saturated rings. The SMILES string of the molecule is COC(=O)Cn1cc(S(=O)(=O)N(CCNC(C)=O)C(C)C(=O)O)cn1. The molecular weight excluding hydrogens is 356 g/mol. The van der Waals surface area contributed by atoms with Crippen molar-refractivity contribution >= 4 is 27.9 Å². The minimum atomic E-state index is -4.20. The predicted molar refractivity (Wildman–Crippen MR) is 83.9 cm³/mol. The number of carbonyl (C=O) groups excluding carboxylic acids is 2. The van der Waals surface area contributed by atoms with Crippen LogP contribution in [0.1, 0.15) is 13.8 Å². The number of carbonyl (C=O) groups is 3. The Morgan fingerprint density at radius 2 is 2.08 bits per heavy atom. The third kappa shape index (κ3) is 5.53. The number of nitrogens with zero attached hydrogens (tertiary/aromatic N) is 3. The lowest BCUT2D eigenvalue weighted by molar-refractivity contribution is -0.142. The summed E-state index contributed by atoms with van der Waals surface area (Å²) in [6.07, 6.45) is 2.12. The number of rotatable bonds is 9. The van der Waals surface area contributed by atoms with Gasteiger partial charge in [0.1, 0.15) is 17.5 Å². The highest BCUT2D eigenvalue weighted by atomic mass is 32.2. The largest absolute Gasteiger partial charge is 0.480 e. The molecule has 11 nitrogen and oxygen atoms in total. The van der Waals surface area contributed by atoms with Gasteiger partial charge in [-0.2, -0.15) is 9.40 Å². The Hall–Kier alpha value is -2.47. The smallest absolute Gasteiger partial charge is 0.327 e. The Morgan fingerprint density at radius 3 is 2.60 bits per heavy atom. The average molecular weight is 376 g/mol. The lowest BCUT2D eigenvalue weighted by atomic mass is 10.3.